The predicted octanol–water partition coefficient (Wildman–Crippen LogP) is 2.90. The van der Waals surface area contributed by atoms with Crippen molar-refractivity contribution in [1.82, 2.24) is 0 Å². The van der Waals surface area contributed by atoms with Gasteiger partial charge in [0.15, 0.2) is 5.78 Å². The minimum Gasteiger partial charge on any atom is -0.507 e. The molecule has 0 saturated carbocycles. The zero-order valence-corrected chi connectivity index (χ0v) is 8.65. The van der Waals surface area contributed by atoms with E-state index in [2.05, 4.69) is 0 Å². The van der Waals surface area contributed by atoms with E-state index in [1.165, 1.54) is 18.2 Å². The van der Waals surface area contributed by atoms with Gasteiger partial charge in [0.2, 0.25) is 0 Å². The van der Waals surface area contributed by atoms with Gasteiger partial charge in [0.25, 0.3) is 0 Å². The van der Waals surface area contributed by atoms with Crippen LogP contribution in [0, 0.1) is 11.6 Å². The average Bonchev–Trinajstić information content (AvgIpc) is 2.31. The van der Waals surface area contributed by atoms with Crippen LogP contribution in [0.2, 0.25) is 0 Å². The second-order valence-electron chi connectivity index (χ2n) is 3.50. The summed E-state index contributed by atoms with van der Waals surface area (Å²) in [6.45, 7) is 0. The van der Waals surface area contributed by atoms with Crippen molar-refractivity contribution in [3.63, 3.8) is 0 Å². The summed E-state index contributed by atoms with van der Waals surface area (Å²) in [6, 6.07) is 8.05. The third kappa shape index (κ3) is 2.30. The van der Waals surface area contributed by atoms with E-state index in [4.69, 9.17) is 0 Å². The van der Waals surface area contributed by atoms with Gasteiger partial charge in [-0.1, -0.05) is 12.1 Å². The maximum absolute atomic E-state index is 13.0. The van der Waals surface area contributed by atoms with E-state index >= 15 is 0 Å². The fourth-order valence-electron chi connectivity index (χ4n) is 1.48. The van der Waals surface area contributed by atoms with Gasteiger partial charge in [0, 0.05) is 5.56 Å². The predicted molar refractivity (Wildman–Crippen MR) is 57.9 cm³/mol. The summed E-state index contributed by atoms with van der Waals surface area (Å²) in [5, 5.41) is 9.45. The minimum absolute atomic E-state index is 0.0610. The second-order valence-corrected chi connectivity index (χ2v) is 3.50. The Kier molecular flexibility index (Phi) is 2.87. The average molecular weight is 234 g/mol. The van der Waals surface area contributed by atoms with Gasteiger partial charge in [0.05, 0.1) is 5.56 Å². The molecule has 0 bridgehead atoms. The quantitative estimate of drug-likeness (QED) is 0.811. The number of hydrogen-bond acceptors (Lipinski definition) is 2. The van der Waals surface area contributed by atoms with Crippen molar-refractivity contribution in [1.29, 1.82) is 0 Å². The largest absolute Gasteiger partial charge is 0.507 e. The highest BCUT2D eigenvalue weighted by Gasteiger charge is 2.14. The number of phenols is 1. The van der Waals surface area contributed by atoms with Crippen LogP contribution in [0.5, 0.6) is 5.75 Å². The summed E-state index contributed by atoms with van der Waals surface area (Å²) < 4.78 is 25.9. The summed E-state index contributed by atoms with van der Waals surface area (Å²) in [4.78, 5) is 11.9. The molecule has 1 N–H and O–H groups in total. The molecular formula is C13H8F2O2. The Labute approximate surface area is 96.1 Å². The van der Waals surface area contributed by atoms with Crippen molar-refractivity contribution in [2.75, 3.05) is 0 Å². The number of carbonyl (C=O) groups excluding carboxylic acids is 1. The lowest BCUT2D eigenvalue weighted by Crippen LogP contribution is -2.02. The van der Waals surface area contributed by atoms with Gasteiger partial charge in [-0.15, -0.1) is 0 Å². The first-order valence-electron chi connectivity index (χ1n) is 4.87. The third-order valence-electron chi connectivity index (χ3n) is 2.29. The first-order valence-corrected chi connectivity index (χ1v) is 4.87. The Hall–Kier alpha value is -2.23. The molecule has 0 spiro atoms. The number of carbonyl (C=O) groups is 1. The summed E-state index contributed by atoms with van der Waals surface area (Å²) in [5.74, 6) is -2.16. The Morgan fingerprint density at radius 1 is 1.00 bits per heavy atom. The van der Waals surface area contributed by atoms with Crippen molar-refractivity contribution in [3.05, 3.63) is 65.2 Å². The van der Waals surface area contributed by atoms with Crippen LogP contribution >= 0.6 is 0 Å². The van der Waals surface area contributed by atoms with E-state index in [1.54, 1.807) is 0 Å². The van der Waals surface area contributed by atoms with Crippen LogP contribution in [0.25, 0.3) is 0 Å². The second kappa shape index (κ2) is 4.33. The standard InChI is InChI=1S/C13H8F2O2/c14-9-3-1-2-8(6-9)13(17)11-7-10(15)4-5-12(11)16/h1-7,16H. The molecule has 2 aromatic carbocycles. The van der Waals surface area contributed by atoms with Crippen LogP contribution in [0.4, 0.5) is 8.78 Å². The van der Waals surface area contributed by atoms with E-state index in [0.717, 1.165) is 24.3 Å². The number of halogens is 2. The molecule has 0 fully saturated rings. The number of hydrogen-bond donors (Lipinski definition) is 1. The first-order chi connectivity index (χ1) is 8.08. The Bertz CT molecular complexity index is 579. The number of ketones is 1. The van der Waals surface area contributed by atoms with E-state index in [0.29, 0.717) is 0 Å². The fourth-order valence-corrected chi connectivity index (χ4v) is 1.48. The number of aromatic hydroxyl groups is 1. The lowest BCUT2D eigenvalue weighted by Gasteiger charge is -2.04. The van der Waals surface area contributed by atoms with E-state index in [-0.39, 0.29) is 16.9 Å². The zero-order chi connectivity index (χ0) is 12.4. The van der Waals surface area contributed by atoms with Gasteiger partial charge in [-0.3, -0.25) is 4.79 Å². The molecule has 2 nitrogen and oxygen atoms in total. The molecule has 0 amide bonds. The highest BCUT2D eigenvalue weighted by molar-refractivity contribution is 6.10. The van der Waals surface area contributed by atoms with Gasteiger partial charge in [-0.25, -0.2) is 8.78 Å². The molecule has 17 heavy (non-hydrogen) atoms. The lowest BCUT2D eigenvalue weighted by molar-refractivity contribution is 0.103. The van der Waals surface area contributed by atoms with Crippen LogP contribution in [0.15, 0.2) is 42.5 Å². The summed E-state index contributed by atoms with van der Waals surface area (Å²) in [5.41, 5.74) is -0.124. The highest BCUT2D eigenvalue weighted by atomic mass is 19.1. The summed E-state index contributed by atoms with van der Waals surface area (Å²) in [6.07, 6.45) is 0. The minimum atomic E-state index is -0.637. The third-order valence-corrected chi connectivity index (χ3v) is 2.29. The molecule has 2 aromatic rings. The van der Waals surface area contributed by atoms with Crippen LogP contribution < -0.4 is 0 Å². The van der Waals surface area contributed by atoms with Crippen LogP contribution in [0.1, 0.15) is 15.9 Å². The Morgan fingerprint density at radius 3 is 2.41 bits per heavy atom. The molecule has 0 saturated heterocycles. The molecule has 0 atom stereocenters. The molecule has 0 aromatic heterocycles. The Balaban J connectivity index is 2.47. The molecule has 4 heteroatoms. The lowest BCUT2D eigenvalue weighted by atomic mass is 10.0. The molecule has 2 rings (SSSR count). The van der Waals surface area contributed by atoms with Crippen molar-refractivity contribution in [2.45, 2.75) is 0 Å². The van der Waals surface area contributed by atoms with E-state index < -0.39 is 17.4 Å². The fraction of sp³-hybridized carbons (Fsp3) is 0. The van der Waals surface area contributed by atoms with Crippen molar-refractivity contribution in [2.24, 2.45) is 0 Å². The molecule has 0 aliphatic heterocycles. The SMILES string of the molecule is O=C(c1cccc(F)c1)c1cc(F)ccc1O. The van der Waals surface area contributed by atoms with Crippen molar-refractivity contribution < 1.29 is 18.7 Å². The zero-order valence-electron chi connectivity index (χ0n) is 8.65. The number of rotatable bonds is 2. The summed E-state index contributed by atoms with van der Waals surface area (Å²) >= 11 is 0. The smallest absolute Gasteiger partial charge is 0.196 e. The van der Waals surface area contributed by atoms with Crippen LogP contribution in [-0.4, -0.2) is 10.9 Å². The van der Waals surface area contributed by atoms with Gasteiger partial charge in [-0.2, -0.15) is 0 Å². The maximum Gasteiger partial charge on any atom is 0.196 e. The maximum atomic E-state index is 13.0. The highest BCUT2D eigenvalue weighted by Crippen LogP contribution is 2.21. The number of benzene rings is 2. The van der Waals surface area contributed by atoms with Crippen LogP contribution in [0.3, 0.4) is 0 Å². The number of phenolic OH excluding ortho intramolecular Hbond substituents is 1. The molecule has 86 valence electrons. The molecule has 0 unspecified atom stereocenters. The molecule has 0 heterocycles. The summed E-state index contributed by atoms with van der Waals surface area (Å²) in [7, 11) is 0. The van der Waals surface area contributed by atoms with Gasteiger partial charge in [0.1, 0.15) is 17.4 Å². The van der Waals surface area contributed by atoms with Gasteiger partial charge in [-0.05, 0) is 30.3 Å². The van der Waals surface area contributed by atoms with Gasteiger partial charge < -0.3 is 5.11 Å². The van der Waals surface area contributed by atoms with E-state index in [1.807, 2.05) is 0 Å². The monoisotopic (exact) mass is 234 g/mol. The molecular weight excluding hydrogens is 226 g/mol. The van der Waals surface area contributed by atoms with Crippen molar-refractivity contribution >= 4 is 5.78 Å². The molecule has 0 radical (unpaired) electrons. The van der Waals surface area contributed by atoms with Crippen molar-refractivity contribution in [3.8, 4) is 5.75 Å². The topological polar surface area (TPSA) is 37.3 Å². The molecule has 0 aliphatic carbocycles. The van der Waals surface area contributed by atoms with E-state index in [9.17, 15) is 18.7 Å². The Morgan fingerprint density at radius 2 is 1.71 bits per heavy atom. The molecule has 0 aliphatic rings. The van der Waals surface area contributed by atoms with Gasteiger partial charge >= 0.3 is 0 Å². The van der Waals surface area contributed by atoms with Crippen LogP contribution in [-0.2, 0) is 0 Å². The normalized spacial score (nSPS) is 10.2. The first kappa shape index (κ1) is 11.3.